The van der Waals surface area contributed by atoms with Crippen LogP contribution in [0.2, 0.25) is 0 Å². The van der Waals surface area contributed by atoms with Crippen molar-refractivity contribution in [3.8, 4) is 5.69 Å². The number of pyridine rings is 1. The molecular formula is C25H26F3N7O. The van der Waals surface area contributed by atoms with Gasteiger partial charge in [0.15, 0.2) is 5.65 Å². The normalized spacial score (nSPS) is 14.8. The van der Waals surface area contributed by atoms with Gasteiger partial charge in [0.1, 0.15) is 5.39 Å². The Hall–Kier alpha value is -3.73. The van der Waals surface area contributed by atoms with Crippen molar-refractivity contribution >= 4 is 22.7 Å². The van der Waals surface area contributed by atoms with Gasteiger partial charge in [-0.2, -0.15) is 18.2 Å². The molecule has 0 aliphatic carbocycles. The molecule has 1 aliphatic rings. The topological polar surface area (TPSA) is 89.7 Å². The van der Waals surface area contributed by atoms with Crippen molar-refractivity contribution in [3.63, 3.8) is 0 Å². The van der Waals surface area contributed by atoms with Gasteiger partial charge >= 0.3 is 6.18 Å². The quantitative estimate of drug-likeness (QED) is 0.419. The Morgan fingerprint density at radius 2 is 1.89 bits per heavy atom. The second kappa shape index (κ2) is 9.05. The summed E-state index contributed by atoms with van der Waals surface area (Å²) in [4.78, 5) is 26.1. The van der Waals surface area contributed by atoms with Crippen LogP contribution in [-0.2, 0) is 13.0 Å². The van der Waals surface area contributed by atoms with Crippen LogP contribution in [0.4, 0.5) is 24.8 Å². The third-order valence-electron chi connectivity index (χ3n) is 6.41. The zero-order valence-electron chi connectivity index (χ0n) is 20.1. The maximum atomic E-state index is 13.4. The molecule has 0 amide bonds. The molecule has 1 aromatic carbocycles. The predicted molar refractivity (Wildman–Crippen MR) is 131 cm³/mol. The van der Waals surface area contributed by atoms with Crippen LogP contribution in [0.25, 0.3) is 16.7 Å². The Labute approximate surface area is 205 Å². The predicted octanol–water partition coefficient (Wildman–Crippen LogP) is 4.61. The highest BCUT2D eigenvalue weighted by Crippen LogP contribution is 2.34. The lowest BCUT2D eigenvalue weighted by atomic mass is 10.0. The van der Waals surface area contributed by atoms with Crippen LogP contribution in [0.3, 0.4) is 0 Å². The van der Waals surface area contributed by atoms with Gasteiger partial charge in [-0.05, 0) is 69.1 Å². The number of aromatic nitrogens is 5. The number of nitrogens with one attached hydrogen (secondary N) is 2. The summed E-state index contributed by atoms with van der Waals surface area (Å²) in [5.74, 6) is -1.48. The molecule has 1 atom stereocenters. The van der Waals surface area contributed by atoms with Gasteiger partial charge in [0.05, 0.1) is 17.3 Å². The third-order valence-corrected chi connectivity index (χ3v) is 6.41. The summed E-state index contributed by atoms with van der Waals surface area (Å²) in [5, 5.41) is 6.82. The lowest BCUT2D eigenvalue weighted by molar-refractivity contribution is -0.147. The summed E-state index contributed by atoms with van der Waals surface area (Å²) < 4.78 is 43.1. The molecule has 2 N–H and O–H groups in total. The van der Waals surface area contributed by atoms with Gasteiger partial charge in [0.25, 0.3) is 5.56 Å². The summed E-state index contributed by atoms with van der Waals surface area (Å²) in [6.07, 6.45) is -0.754. The first kappa shape index (κ1) is 24.0. The fourth-order valence-corrected chi connectivity index (χ4v) is 4.43. The Morgan fingerprint density at radius 1 is 1.08 bits per heavy atom. The van der Waals surface area contributed by atoms with Gasteiger partial charge in [-0.3, -0.25) is 9.78 Å². The molecule has 0 saturated heterocycles. The van der Waals surface area contributed by atoms with Crippen LogP contribution in [0.5, 0.6) is 0 Å². The Balaban J connectivity index is 1.61. The Morgan fingerprint density at radius 3 is 2.64 bits per heavy atom. The average molecular weight is 498 g/mol. The maximum absolute atomic E-state index is 13.4. The molecular weight excluding hydrogens is 471 g/mol. The van der Waals surface area contributed by atoms with Crippen LogP contribution >= 0.6 is 0 Å². The van der Waals surface area contributed by atoms with Crippen LogP contribution in [0, 0.1) is 0 Å². The molecule has 5 rings (SSSR count). The van der Waals surface area contributed by atoms with Crippen LogP contribution in [-0.4, -0.2) is 37.0 Å². The summed E-state index contributed by atoms with van der Waals surface area (Å²) >= 11 is 0. The highest BCUT2D eigenvalue weighted by molar-refractivity contribution is 5.77. The second-order valence-corrected chi connectivity index (χ2v) is 9.22. The number of benzene rings is 1. The minimum Gasteiger partial charge on any atom is -0.324 e. The number of fused-ring (bicyclic) bond motifs is 2. The van der Waals surface area contributed by atoms with Crippen molar-refractivity contribution in [1.29, 1.82) is 0 Å². The summed E-state index contributed by atoms with van der Waals surface area (Å²) in [7, 11) is 0. The third kappa shape index (κ3) is 4.34. The van der Waals surface area contributed by atoms with Gasteiger partial charge < -0.3 is 10.6 Å². The fourth-order valence-electron chi connectivity index (χ4n) is 4.43. The molecule has 0 bridgehead atoms. The van der Waals surface area contributed by atoms with Crippen LogP contribution in [0.1, 0.15) is 49.6 Å². The van der Waals surface area contributed by atoms with E-state index in [4.69, 9.17) is 0 Å². The lowest BCUT2D eigenvalue weighted by Gasteiger charge is -2.19. The number of anilines is 2. The number of hydrogen-bond acceptors (Lipinski definition) is 6. The smallest absolute Gasteiger partial charge is 0.324 e. The number of alkyl halides is 3. The minimum atomic E-state index is -4.44. The first-order valence-electron chi connectivity index (χ1n) is 11.8. The maximum Gasteiger partial charge on any atom is 0.396 e. The van der Waals surface area contributed by atoms with E-state index in [2.05, 4.69) is 31.7 Å². The first-order chi connectivity index (χ1) is 17.1. The van der Waals surface area contributed by atoms with Gasteiger partial charge in [-0.25, -0.2) is 14.3 Å². The highest BCUT2D eigenvalue weighted by Gasteiger charge is 2.38. The van der Waals surface area contributed by atoms with Crippen LogP contribution < -0.4 is 16.2 Å². The van der Waals surface area contributed by atoms with Gasteiger partial charge in [0.2, 0.25) is 5.95 Å². The molecule has 4 aromatic rings. The molecule has 0 saturated carbocycles. The van der Waals surface area contributed by atoms with Crippen molar-refractivity contribution in [3.05, 3.63) is 69.9 Å². The molecule has 1 unspecified atom stereocenters. The molecule has 0 spiro atoms. The highest BCUT2D eigenvalue weighted by atomic mass is 19.4. The number of rotatable bonds is 5. The monoisotopic (exact) mass is 497 g/mol. The van der Waals surface area contributed by atoms with E-state index in [0.717, 1.165) is 32.1 Å². The lowest BCUT2D eigenvalue weighted by Crippen LogP contribution is -2.24. The number of nitrogens with zero attached hydrogens (tertiary/aromatic N) is 5. The summed E-state index contributed by atoms with van der Waals surface area (Å²) in [6, 6.07) is 8.69. The molecule has 11 heteroatoms. The van der Waals surface area contributed by atoms with E-state index >= 15 is 0 Å². The van der Waals surface area contributed by atoms with Crippen LogP contribution in [0.15, 0.2) is 47.5 Å². The number of hydrogen-bond donors (Lipinski definition) is 2. The zero-order valence-corrected chi connectivity index (χ0v) is 20.1. The molecule has 1 aliphatic heterocycles. The van der Waals surface area contributed by atoms with Crippen molar-refractivity contribution in [1.82, 2.24) is 29.6 Å². The largest absolute Gasteiger partial charge is 0.396 e. The van der Waals surface area contributed by atoms with E-state index in [9.17, 15) is 18.0 Å². The average Bonchev–Trinajstić information content (AvgIpc) is 3.15. The summed E-state index contributed by atoms with van der Waals surface area (Å²) in [5.41, 5.74) is 3.50. The Bertz CT molecular complexity index is 1490. The van der Waals surface area contributed by atoms with Gasteiger partial charge in [-0.15, -0.1) is 0 Å². The summed E-state index contributed by atoms with van der Waals surface area (Å²) in [6.45, 7) is 6.45. The standard InChI is InChI=1S/C25H26F3N7O/c1-14(2)34-23(36)20-13-31-24(32-18-5-4-17-12-29-8-6-16(17)10-18)33-22(20)35(34)19-7-9-30-21(11-19)15(3)25(26,27)28/h4-5,7,9-11,13-15,29H,6,8,12H2,1-3H3,(H,31,32,33). The fraction of sp³-hybridized carbons (Fsp3) is 0.360. The van der Waals surface area contributed by atoms with E-state index in [1.165, 1.54) is 34.3 Å². The molecule has 3 aromatic heterocycles. The van der Waals surface area contributed by atoms with Crippen molar-refractivity contribution in [2.24, 2.45) is 0 Å². The molecule has 0 fully saturated rings. The van der Waals surface area contributed by atoms with Crippen molar-refractivity contribution in [2.45, 2.75) is 51.9 Å². The van der Waals surface area contributed by atoms with E-state index in [-0.39, 0.29) is 28.6 Å². The molecule has 36 heavy (non-hydrogen) atoms. The Kier molecular flexibility index (Phi) is 6.03. The zero-order chi connectivity index (χ0) is 25.6. The van der Waals surface area contributed by atoms with Gasteiger partial charge in [0, 0.05) is 30.7 Å². The van der Waals surface area contributed by atoms with E-state index in [1.807, 2.05) is 26.0 Å². The molecule has 4 heterocycles. The second-order valence-electron chi connectivity index (χ2n) is 9.22. The van der Waals surface area contributed by atoms with E-state index in [1.54, 1.807) is 10.7 Å². The van der Waals surface area contributed by atoms with Crippen molar-refractivity contribution < 1.29 is 13.2 Å². The van der Waals surface area contributed by atoms with Gasteiger partial charge in [-0.1, -0.05) is 6.07 Å². The minimum absolute atomic E-state index is 0.138. The molecule has 188 valence electrons. The molecule has 0 radical (unpaired) electrons. The molecule has 8 nitrogen and oxygen atoms in total. The number of halogens is 3. The van der Waals surface area contributed by atoms with E-state index < -0.39 is 12.1 Å². The van der Waals surface area contributed by atoms with Crippen molar-refractivity contribution in [2.75, 3.05) is 11.9 Å². The van der Waals surface area contributed by atoms with E-state index in [0.29, 0.717) is 11.3 Å². The SMILES string of the molecule is CC(C)n1c(=O)c2cnc(Nc3ccc4c(c3)CCNC4)nc2n1-c1ccnc(C(C)C(F)(F)F)c1. The first-order valence-corrected chi connectivity index (χ1v) is 11.8.